The highest BCUT2D eigenvalue weighted by molar-refractivity contribution is 5.78. The van der Waals surface area contributed by atoms with E-state index in [4.69, 9.17) is 9.84 Å². The second-order valence-corrected chi connectivity index (χ2v) is 5.53. The van der Waals surface area contributed by atoms with Crippen LogP contribution in [0.2, 0.25) is 0 Å². The van der Waals surface area contributed by atoms with Crippen LogP contribution < -0.4 is 0 Å². The van der Waals surface area contributed by atoms with Gasteiger partial charge in [-0.1, -0.05) is 6.92 Å². The van der Waals surface area contributed by atoms with Crippen molar-refractivity contribution in [3.63, 3.8) is 0 Å². The lowest BCUT2D eigenvalue weighted by atomic mass is 9.99. The van der Waals surface area contributed by atoms with E-state index in [1.54, 1.807) is 12.0 Å². The monoisotopic (exact) mass is 270 g/mol. The number of carboxylic acid groups (broad SMARTS) is 1. The summed E-state index contributed by atoms with van der Waals surface area (Å²) in [5.41, 5.74) is 0. The minimum absolute atomic E-state index is 0.0185. The lowest BCUT2D eigenvalue weighted by Gasteiger charge is -2.28. The maximum atomic E-state index is 12.4. The zero-order valence-electron chi connectivity index (χ0n) is 11.5. The number of methoxy groups -OCH3 is 1. The van der Waals surface area contributed by atoms with E-state index >= 15 is 0 Å². The van der Waals surface area contributed by atoms with Gasteiger partial charge in [-0.25, -0.2) is 4.79 Å². The summed E-state index contributed by atoms with van der Waals surface area (Å²) < 4.78 is 5.04. The highest BCUT2D eigenvalue weighted by atomic mass is 16.5. The number of hydrogen-bond acceptors (Lipinski definition) is 3. The topological polar surface area (TPSA) is 70.1 Å². The van der Waals surface area contributed by atoms with Crippen LogP contribution in [0, 0.1) is 11.8 Å². The van der Waals surface area contributed by atoms with Gasteiger partial charge in [-0.15, -0.1) is 0 Å². The third-order valence-electron chi connectivity index (χ3n) is 3.97. The molecule has 19 heavy (non-hydrogen) atoms. The quantitative estimate of drug-likeness (QED) is 0.804. The molecule has 0 unspecified atom stereocenters. The molecular formula is C13H22N2O4. The molecule has 1 N–H and O–H groups in total. The van der Waals surface area contributed by atoms with E-state index in [0.29, 0.717) is 32.3 Å². The van der Waals surface area contributed by atoms with Gasteiger partial charge >= 0.3 is 12.0 Å². The summed E-state index contributed by atoms with van der Waals surface area (Å²) in [7, 11) is 1.62. The Morgan fingerprint density at radius 3 is 2.53 bits per heavy atom. The molecule has 0 bridgehead atoms. The Kier molecular flexibility index (Phi) is 4.29. The highest BCUT2D eigenvalue weighted by Crippen LogP contribution is 2.30. The van der Waals surface area contributed by atoms with Crippen molar-refractivity contribution < 1.29 is 19.4 Å². The van der Waals surface area contributed by atoms with E-state index in [-0.39, 0.29) is 11.9 Å². The predicted octanol–water partition coefficient (Wildman–Crippen LogP) is 0.870. The van der Waals surface area contributed by atoms with Crippen LogP contribution >= 0.6 is 0 Å². The Morgan fingerprint density at radius 1 is 1.37 bits per heavy atom. The number of likely N-dealkylation sites (tertiary alicyclic amines) is 1. The molecule has 6 heteroatoms. The van der Waals surface area contributed by atoms with Crippen molar-refractivity contribution in [1.82, 2.24) is 9.80 Å². The van der Waals surface area contributed by atoms with Crippen LogP contribution in [0.25, 0.3) is 0 Å². The fourth-order valence-corrected chi connectivity index (χ4v) is 2.64. The summed E-state index contributed by atoms with van der Waals surface area (Å²) in [6.45, 7) is 3.86. The fraction of sp³-hybridized carbons (Fsp3) is 0.846. The Labute approximate surface area is 113 Å². The minimum Gasteiger partial charge on any atom is -0.481 e. The molecule has 1 aliphatic heterocycles. The van der Waals surface area contributed by atoms with E-state index in [9.17, 15) is 9.59 Å². The molecular weight excluding hydrogens is 248 g/mol. The minimum atomic E-state index is -0.808. The number of aliphatic carboxylic acids is 1. The Hall–Kier alpha value is -1.30. The molecule has 2 rings (SSSR count). The third-order valence-corrected chi connectivity index (χ3v) is 3.97. The van der Waals surface area contributed by atoms with Gasteiger partial charge in [0.05, 0.1) is 12.5 Å². The van der Waals surface area contributed by atoms with Gasteiger partial charge in [-0.05, 0) is 18.8 Å². The Balaban J connectivity index is 1.96. The van der Waals surface area contributed by atoms with E-state index in [1.807, 2.05) is 11.8 Å². The molecule has 2 atom stereocenters. The molecule has 0 radical (unpaired) electrons. The SMILES string of the molecule is COCCN(C(=O)N1C[C@@H](C)[C@H](C(=O)O)C1)C1CC1. The average Bonchev–Trinajstić information content (AvgIpc) is 3.11. The molecule has 6 nitrogen and oxygen atoms in total. The van der Waals surface area contributed by atoms with Crippen LogP contribution in [0.5, 0.6) is 0 Å². The van der Waals surface area contributed by atoms with Crippen molar-refractivity contribution in [2.75, 3.05) is 33.4 Å². The van der Waals surface area contributed by atoms with Gasteiger partial charge in [0.2, 0.25) is 0 Å². The molecule has 1 saturated heterocycles. The number of carbonyl (C=O) groups excluding carboxylic acids is 1. The van der Waals surface area contributed by atoms with Crippen LogP contribution in [0.4, 0.5) is 4.79 Å². The maximum absolute atomic E-state index is 12.4. The average molecular weight is 270 g/mol. The molecule has 0 spiro atoms. The van der Waals surface area contributed by atoms with Crippen molar-refractivity contribution >= 4 is 12.0 Å². The van der Waals surface area contributed by atoms with Gasteiger partial charge in [0, 0.05) is 32.8 Å². The number of urea groups is 1. The van der Waals surface area contributed by atoms with Crippen molar-refractivity contribution in [1.29, 1.82) is 0 Å². The number of nitrogens with zero attached hydrogens (tertiary/aromatic N) is 2. The van der Waals surface area contributed by atoms with Crippen LogP contribution in [0.1, 0.15) is 19.8 Å². The third kappa shape index (κ3) is 3.18. The predicted molar refractivity (Wildman–Crippen MR) is 68.9 cm³/mol. The van der Waals surface area contributed by atoms with Gasteiger partial charge in [-0.3, -0.25) is 4.79 Å². The first-order valence-electron chi connectivity index (χ1n) is 6.82. The molecule has 2 aliphatic rings. The first kappa shape index (κ1) is 14.1. The normalized spacial score (nSPS) is 26.5. The molecule has 0 aromatic heterocycles. The van der Waals surface area contributed by atoms with Crippen molar-refractivity contribution in [2.45, 2.75) is 25.8 Å². The summed E-state index contributed by atoms with van der Waals surface area (Å²) in [6.07, 6.45) is 2.09. The molecule has 1 saturated carbocycles. The smallest absolute Gasteiger partial charge is 0.320 e. The van der Waals surface area contributed by atoms with Crippen LogP contribution in [0.15, 0.2) is 0 Å². The summed E-state index contributed by atoms with van der Waals surface area (Å²) in [4.78, 5) is 27.1. The van der Waals surface area contributed by atoms with Gasteiger partial charge in [-0.2, -0.15) is 0 Å². The van der Waals surface area contributed by atoms with E-state index in [1.165, 1.54) is 0 Å². The largest absolute Gasteiger partial charge is 0.481 e. The molecule has 2 amide bonds. The second-order valence-electron chi connectivity index (χ2n) is 5.53. The van der Waals surface area contributed by atoms with Crippen LogP contribution in [-0.4, -0.2) is 66.3 Å². The summed E-state index contributed by atoms with van der Waals surface area (Å²) in [5.74, 6) is -1.23. The van der Waals surface area contributed by atoms with E-state index in [0.717, 1.165) is 12.8 Å². The summed E-state index contributed by atoms with van der Waals surface area (Å²) >= 11 is 0. The summed E-state index contributed by atoms with van der Waals surface area (Å²) in [5, 5.41) is 9.11. The molecule has 0 aromatic carbocycles. The molecule has 2 fully saturated rings. The first-order chi connectivity index (χ1) is 9.04. The molecule has 108 valence electrons. The second kappa shape index (κ2) is 5.77. The van der Waals surface area contributed by atoms with Crippen LogP contribution in [-0.2, 0) is 9.53 Å². The number of carbonyl (C=O) groups is 2. The Morgan fingerprint density at radius 2 is 2.05 bits per heavy atom. The molecule has 0 aromatic rings. The number of rotatable bonds is 5. The zero-order valence-corrected chi connectivity index (χ0v) is 11.5. The highest BCUT2D eigenvalue weighted by Gasteiger charge is 2.41. The number of hydrogen-bond donors (Lipinski definition) is 1. The number of amides is 2. The number of ether oxygens (including phenoxy) is 1. The summed E-state index contributed by atoms with van der Waals surface area (Å²) in [6, 6.07) is 0.289. The lowest BCUT2D eigenvalue weighted by molar-refractivity contribution is -0.142. The van der Waals surface area contributed by atoms with Crippen molar-refractivity contribution in [3.8, 4) is 0 Å². The first-order valence-corrected chi connectivity index (χ1v) is 6.82. The molecule has 1 heterocycles. The standard InChI is InChI=1S/C13H22N2O4/c1-9-7-14(8-11(9)12(16)17)13(18)15(5-6-19-2)10-3-4-10/h9-11H,3-8H2,1-2H3,(H,16,17)/t9-,11-/m1/s1. The zero-order chi connectivity index (χ0) is 14.0. The Bertz CT molecular complexity index is 357. The van der Waals surface area contributed by atoms with Crippen LogP contribution in [0.3, 0.4) is 0 Å². The van der Waals surface area contributed by atoms with Gasteiger partial charge < -0.3 is 19.6 Å². The van der Waals surface area contributed by atoms with Gasteiger partial charge in [0.25, 0.3) is 0 Å². The van der Waals surface area contributed by atoms with Gasteiger partial charge in [0.1, 0.15) is 0 Å². The lowest BCUT2D eigenvalue weighted by Crippen LogP contribution is -2.45. The van der Waals surface area contributed by atoms with E-state index in [2.05, 4.69) is 0 Å². The van der Waals surface area contributed by atoms with Gasteiger partial charge in [0.15, 0.2) is 0 Å². The van der Waals surface area contributed by atoms with Crippen molar-refractivity contribution in [2.24, 2.45) is 11.8 Å². The number of carboxylic acids is 1. The maximum Gasteiger partial charge on any atom is 0.320 e. The van der Waals surface area contributed by atoms with Crippen molar-refractivity contribution in [3.05, 3.63) is 0 Å². The molecule has 1 aliphatic carbocycles. The fourth-order valence-electron chi connectivity index (χ4n) is 2.64. The van der Waals surface area contributed by atoms with E-state index < -0.39 is 11.9 Å².